The molecule has 0 saturated heterocycles. The van der Waals surface area contributed by atoms with Crippen LogP contribution in [0.1, 0.15) is 42.6 Å². The van der Waals surface area contributed by atoms with Crippen LogP contribution in [-0.4, -0.2) is 18.2 Å². The Bertz CT molecular complexity index is 837. The minimum absolute atomic E-state index is 0.209. The lowest BCUT2D eigenvalue weighted by Gasteiger charge is -2.08. The van der Waals surface area contributed by atoms with Gasteiger partial charge in [-0.2, -0.15) is 5.10 Å². The predicted octanol–water partition coefficient (Wildman–Crippen LogP) is 4.49. The van der Waals surface area contributed by atoms with Gasteiger partial charge in [-0.15, -0.1) is 0 Å². The Labute approximate surface area is 159 Å². The standard InChI is InChI=1S/C22H24N2O3/c1-3-26-20-10-12-21(13-11-20)27-15-17-5-7-18(8-6-17)22(25)24-23-19-9-4-16(2)14-19/h5-8,10-14H,3-4,9,15H2,1-2H3,(H,24,25). The van der Waals surface area contributed by atoms with Gasteiger partial charge in [0.2, 0.25) is 0 Å². The van der Waals surface area contributed by atoms with Crippen LogP contribution in [0.4, 0.5) is 0 Å². The van der Waals surface area contributed by atoms with E-state index in [4.69, 9.17) is 9.47 Å². The minimum Gasteiger partial charge on any atom is -0.494 e. The van der Waals surface area contributed by atoms with Crippen LogP contribution < -0.4 is 14.9 Å². The molecule has 1 amide bonds. The molecule has 1 aliphatic carbocycles. The van der Waals surface area contributed by atoms with Gasteiger partial charge in [-0.3, -0.25) is 4.79 Å². The van der Waals surface area contributed by atoms with E-state index in [-0.39, 0.29) is 5.91 Å². The third-order valence-electron chi connectivity index (χ3n) is 4.25. The van der Waals surface area contributed by atoms with E-state index < -0.39 is 0 Å². The van der Waals surface area contributed by atoms with Crippen LogP contribution in [0, 0.1) is 0 Å². The van der Waals surface area contributed by atoms with E-state index in [0.29, 0.717) is 18.8 Å². The maximum atomic E-state index is 12.2. The van der Waals surface area contributed by atoms with Gasteiger partial charge < -0.3 is 9.47 Å². The first-order valence-electron chi connectivity index (χ1n) is 9.12. The molecule has 0 unspecified atom stereocenters. The SMILES string of the molecule is CCOc1ccc(OCc2ccc(C(=O)NN=C3C=C(C)CC3)cc2)cc1. The highest BCUT2D eigenvalue weighted by molar-refractivity contribution is 6.00. The van der Waals surface area contributed by atoms with E-state index in [2.05, 4.69) is 17.5 Å². The Morgan fingerprint density at radius 2 is 1.67 bits per heavy atom. The monoisotopic (exact) mass is 364 g/mol. The summed E-state index contributed by atoms with van der Waals surface area (Å²) < 4.78 is 11.2. The number of hydrogen-bond donors (Lipinski definition) is 1. The van der Waals surface area contributed by atoms with Crippen molar-refractivity contribution in [3.8, 4) is 11.5 Å². The Morgan fingerprint density at radius 1 is 1.00 bits per heavy atom. The van der Waals surface area contributed by atoms with Crippen LogP contribution in [-0.2, 0) is 6.61 Å². The summed E-state index contributed by atoms with van der Waals surface area (Å²) in [6.45, 7) is 5.10. The molecular formula is C22H24N2O3. The summed E-state index contributed by atoms with van der Waals surface area (Å²) in [6.07, 6.45) is 3.91. The number of allylic oxidation sites excluding steroid dienone is 2. The lowest BCUT2D eigenvalue weighted by atomic mass is 10.1. The number of nitrogens with zero attached hydrogens (tertiary/aromatic N) is 1. The molecule has 1 N–H and O–H groups in total. The highest BCUT2D eigenvalue weighted by atomic mass is 16.5. The van der Waals surface area contributed by atoms with E-state index in [1.165, 1.54) is 5.57 Å². The van der Waals surface area contributed by atoms with Gasteiger partial charge in [-0.05, 0) is 74.7 Å². The number of hydrazone groups is 1. The molecule has 3 rings (SSSR count). The van der Waals surface area contributed by atoms with Gasteiger partial charge in [0.1, 0.15) is 18.1 Å². The van der Waals surface area contributed by atoms with Crippen molar-refractivity contribution in [2.24, 2.45) is 5.10 Å². The fraction of sp³-hybridized carbons (Fsp3) is 0.273. The van der Waals surface area contributed by atoms with Gasteiger partial charge in [0, 0.05) is 5.56 Å². The maximum absolute atomic E-state index is 12.2. The lowest BCUT2D eigenvalue weighted by Crippen LogP contribution is -2.18. The second-order valence-electron chi connectivity index (χ2n) is 6.42. The average molecular weight is 364 g/mol. The Kier molecular flexibility index (Phi) is 6.26. The first-order chi connectivity index (χ1) is 13.1. The smallest absolute Gasteiger partial charge is 0.271 e. The summed E-state index contributed by atoms with van der Waals surface area (Å²) >= 11 is 0. The average Bonchev–Trinajstić information content (AvgIpc) is 3.11. The molecule has 0 radical (unpaired) electrons. The topological polar surface area (TPSA) is 59.9 Å². The van der Waals surface area contributed by atoms with Crippen molar-refractivity contribution < 1.29 is 14.3 Å². The molecule has 0 bridgehead atoms. The molecular weight excluding hydrogens is 340 g/mol. The fourth-order valence-corrected chi connectivity index (χ4v) is 2.75. The highest BCUT2D eigenvalue weighted by Crippen LogP contribution is 2.19. The Morgan fingerprint density at radius 3 is 2.26 bits per heavy atom. The first kappa shape index (κ1) is 18.7. The molecule has 0 aliphatic heterocycles. The van der Waals surface area contributed by atoms with Gasteiger partial charge in [0.25, 0.3) is 5.91 Å². The molecule has 0 saturated carbocycles. The molecule has 0 heterocycles. The predicted molar refractivity (Wildman–Crippen MR) is 106 cm³/mol. The summed E-state index contributed by atoms with van der Waals surface area (Å²) in [5.41, 5.74) is 6.38. The molecule has 0 aromatic heterocycles. The molecule has 0 atom stereocenters. The zero-order valence-corrected chi connectivity index (χ0v) is 15.7. The summed E-state index contributed by atoms with van der Waals surface area (Å²) in [5, 5.41) is 4.17. The second kappa shape index (κ2) is 9.03. The summed E-state index contributed by atoms with van der Waals surface area (Å²) in [6, 6.07) is 14.9. The molecule has 0 spiro atoms. The van der Waals surface area contributed by atoms with E-state index >= 15 is 0 Å². The number of nitrogens with one attached hydrogen (secondary N) is 1. The quantitative estimate of drug-likeness (QED) is 0.737. The molecule has 2 aromatic carbocycles. The van der Waals surface area contributed by atoms with Crippen molar-refractivity contribution in [1.29, 1.82) is 0 Å². The van der Waals surface area contributed by atoms with Crippen molar-refractivity contribution >= 4 is 11.6 Å². The van der Waals surface area contributed by atoms with Crippen LogP contribution >= 0.6 is 0 Å². The van der Waals surface area contributed by atoms with Gasteiger partial charge in [-0.1, -0.05) is 17.7 Å². The summed E-state index contributed by atoms with van der Waals surface area (Å²) in [5.74, 6) is 1.39. The molecule has 1 aliphatic rings. The first-order valence-corrected chi connectivity index (χ1v) is 9.12. The number of ether oxygens (including phenoxy) is 2. The summed E-state index contributed by atoms with van der Waals surface area (Å²) in [7, 11) is 0. The third-order valence-corrected chi connectivity index (χ3v) is 4.25. The maximum Gasteiger partial charge on any atom is 0.271 e. The van der Waals surface area contributed by atoms with Crippen LogP contribution in [0.3, 0.4) is 0 Å². The molecule has 5 nitrogen and oxygen atoms in total. The number of amides is 1. The van der Waals surface area contributed by atoms with Gasteiger partial charge >= 0.3 is 0 Å². The minimum atomic E-state index is -0.209. The lowest BCUT2D eigenvalue weighted by molar-refractivity contribution is 0.0954. The van der Waals surface area contributed by atoms with E-state index in [1.54, 1.807) is 12.1 Å². The fourth-order valence-electron chi connectivity index (χ4n) is 2.75. The molecule has 140 valence electrons. The third kappa shape index (κ3) is 5.45. The van der Waals surface area contributed by atoms with E-state index in [9.17, 15) is 4.79 Å². The van der Waals surface area contributed by atoms with Crippen molar-refractivity contribution in [3.05, 3.63) is 71.3 Å². The Hall–Kier alpha value is -3.08. The Balaban J connectivity index is 1.51. The van der Waals surface area contributed by atoms with Crippen LogP contribution in [0.25, 0.3) is 0 Å². The van der Waals surface area contributed by atoms with Crippen molar-refractivity contribution in [2.75, 3.05) is 6.61 Å². The molecule has 5 heteroatoms. The van der Waals surface area contributed by atoms with Gasteiger partial charge in [0.15, 0.2) is 0 Å². The zero-order valence-electron chi connectivity index (χ0n) is 15.7. The van der Waals surface area contributed by atoms with Crippen LogP contribution in [0.15, 0.2) is 65.3 Å². The van der Waals surface area contributed by atoms with Crippen LogP contribution in [0.5, 0.6) is 11.5 Å². The second-order valence-corrected chi connectivity index (χ2v) is 6.42. The normalized spacial score (nSPS) is 14.7. The number of hydrogen-bond acceptors (Lipinski definition) is 4. The molecule has 2 aromatic rings. The number of benzene rings is 2. The van der Waals surface area contributed by atoms with E-state index in [0.717, 1.165) is 35.6 Å². The van der Waals surface area contributed by atoms with Crippen molar-refractivity contribution in [3.63, 3.8) is 0 Å². The zero-order chi connectivity index (χ0) is 19.1. The van der Waals surface area contributed by atoms with Crippen molar-refractivity contribution in [1.82, 2.24) is 5.43 Å². The van der Waals surface area contributed by atoms with Crippen molar-refractivity contribution in [2.45, 2.75) is 33.3 Å². The summed E-state index contributed by atoms with van der Waals surface area (Å²) in [4.78, 5) is 12.2. The van der Waals surface area contributed by atoms with E-state index in [1.807, 2.05) is 49.4 Å². The number of rotatable bonds is 7. The van der Waals surface area contributed by atoms with Gasteiger partial charge in [-0.25, -0.2) is 5.43 Å². The number of carbonyl (C=O) groups is 1. The van der Waals surface area contributed by atoms with Gasteiger partial charge in [0.05, 0.1) is 12.3 Å². The number of carbonyl (C=O) groups excluding carboxylic acids is 1. The molecule has 27 heavy (non-hydrogen) atoms. The molecule has 0 fully saturated rings. The highest BCUT2D eigenvalue weighted by Gasteiger charge is 2.09. The van der Waals surface area contributed by atoms with Crippen LogP contribution in [0.2, 0.25) is 0 Å². The largest absolute Gasteiger partial charge is 0.494 e.